The predicted octanol–water partition coefficient (Wildman–Crippen LogP) is 1.34. The number of nitrogens with zero attached hydrogens (tertiary/aromatic N) is 1. The molecule has 0 aliphatic carbocycles. The molecule has 4 nitrogen and oxygen atoms in total. The highest BCUT2D eigenvalue weighted by atomic mass is 35.5. The monoisotopic (exact) mass is 201 g/mol. The maximum atomic E-state index is 10.1. The maximum Gasteiger partial charge on any atom is 0.329 e. The van der Waals surface area contributed by atoms with Crippen LogP contribution < -0.4 is 0 Å². The first-order valence-electron chi connectivity index (χ1n) is 3.58. The summed E-state index contributed by atoms with van der Waals surface area (Å²) in [6.45, 7) is -0.166. The highest BCUT2D eigenvalue weighted by Gasteiger charge is 1.99. The molecule has 0 saturated carbocycles. The van der Waals surface area contributed by atoms with Gasteiger partial charge in [0, 0.05) is 11.2 Å². The molecule has 0 spiro atoms. The molecule has 0 unspecified atom stereocenters. The van der Waals surface area contributed by atoms with Crippen molar-refractivity contribution in [3.05, 3.63) is 29.0 Å². The average molecular weight is 202 g/mol. The van der Waals surface area contributed by atoms with Gasteiger partial charge in [-0.2, -0.15) is 0 Å². The molecule has 0 amide bonds. The number of ether oxygens (including phenoxy) is 1. The largest absolute Gasteiger partial charge is 0.480 e. The summed E-state index contributed by atoms with van der Waals surface area (Å²) in [5.41, 5.74) is 0.619. The smallest absolute Gasteiger partial charge is 0.329 e. The van der Waals surface area contributed by atoms with Gasteiger partial charge in [-0.25, -0.2) is 4.79 Å². The summed E-state index contributed by atoms with van der Waals surface area (Å²) in [5.74, 6) is -0.998. The zero-order valence-electron chi connectivity index (χ0n) is 6.74. The van der Waals surface area contributed by atoms with Crippen molar-refractivity contribution in [2.24, 2.45) is 0 Å². The lowest BCUT2D eigenvalue weighted by molar-refractivity contribution is -0.142. The normalized spacial score (nSPS) is 9.92. The molecule has 0 fully saturated rings. The van der Waals surface area contributed by atoms with Crippen LogP contribution in [0.1, 0.15) is 5.69 Å². The van der Waals surface area contributed by atoms with Crippen molar-refractivity contribution in [3.63, 3.8) is 0 Å². The van der Waals surface area contributed by atoms with E-state index in [2.05, 4.69) is 4.98 Å². The second-order valence-corrected chi connectivity index (χ2v) is 2.79. The quantitative estimate of drug-likeness (QED) is 0.799. The fourth-order valence-corrected chi connectivity index (χ4v) is 0.953. The fourth-order valence-electron chi connectivity index (χ4n) is 0.771. The number of rotatable bonds is 4. The van der Waals surface area contributed by atoms with E-state index in [0.717, 1.165) is 0 Å². The summed E-state index contributed by atoms with van der Waals surface area (Å²) in [7, 11) is 0. The number of carboxylic acid groups (broad SMARTS) is 1. The number of aliphatic carboxylic acids is 1. The van der Waals surface area contributed by atoms with Gasteiger partial charge in [-0.05, 0) is 12.1 Å². The minimum absolute atomic E-state index is 0.160. The summed E-state index contributed by atoms with van der Waals surface area (Å²) >= 11 is 5.67. The lowest BCUT2D eigenvalue weighted by atomic mass is 10.4. The van der Waals surface area contributed by atoms with Crippen molar-refractivity contribution in [3.8, 4) is 0 Å². The van der Waals surface area contributed by atoms with Crippen molar-refractivity contribution in [1.82, 2.24) is 4.98 Å². The number of hydrogen-bond acceptors (Lipinski definition) is 3. The van der Waals surface area contributed by atoms with Crippen LogP contribution in [-0.4, -0.2) is 22.7 Å². The molecule has 0 atom stereocenters. The maximum absolute atomic E-state index is 10.1. The zero-order valence-corrected chi connectivity index (χ0v) is 7.49. The number of aromatic nitrogens is 1. The molecule has 1 heterocycles. The van der Waals surface area contributed by atoms with E-state index in [4.69, 9.17) is 21.4 Å². The van der Waals surface area contributed by atoms with Gasteiger partial charge < -0.3 is 9.84 Å². The third-order valence-electron chi connectivity index (χ3n) is 1.25. The molecule has 5 heteroatoms. The SMILES string of the molecule is O=C(O)COCc1cc(Cl)ccn1. The van der Waals surface area contributed by atoms with Gasteiger partial charge in [-0.1, -0.05) is 11.6 Å². The van der Waals surface area contributed by atoms with E-state index in [0.29, 0.717) is 10.7 Å². The Kier molecular flexibility index (Phi) is 3.67. The van der Waals surface area contributed by atoms with Gasteiger partial charge in [-0.3, -0.25) is 4.98 Å². The molecule has 1 aromatic heterocycles. The van der Waals surface area contributed by atoms with Crippen molar-refractivity contribution in [2.45, 2.75) is 6.61 Å². The van der Waals surface area contributed by atoms with Crippen molar-refractivity contribution in [1.29, 1.82) is 0 Å². The van der Waals surface area contributed by atoms with Gasteiger partial charge in [0.15, 0.2) is 0 Å². The Morgan fingerprint density at radius 3 is 3.08 bits per heavy atom. The van der Waals surface area contributed by atoms with E-state index in [-0.39, 0.29) is 13.2 Å². The molecule has 0 saturated heterocycles. The van der Waals surface area contributed by atoms with Crippen LogP contribution in [0, 0.1) is 0 Å². The molecule has 0 aromatic carbocycles. The molecule has 0 aliphatic rings. The minimum Gasteiger partial charge on any atom is -0.480 e. The Bertz CT molecular complexity index is 303. The van der Waals surface area contributed by atoms with E-state index in [1.54, 1.807) is 18.3 Å². The van der Waals surface area contributed by atoms with Gasteiger partial charge in [0.25, 0.3) is 0 Å². The second kappa shape index (κ2) is 4.79. The zero-order chi connectivity index (χ0) is 9.68. The van der Waals surface area contributed by atoms with Gasteiger partial charge in [-0.15, -0.1) is 0 Å². The number of hydrogen-bond donors (Lipinski definition) is 1. The van der Waals surface area contributed by atoms with E-state index >= 15 is 0 Å². The van der Waals surface area contributed by atoms with Crippen LogP contribution >= 0.6 is 11.6 Å². The first kappa shape index (κ1) is 9.95. The van der Waals surface area contributed by atoms with Crippen LogP contribution in [-0.2, 0) is 16.1 Å². The Balaban J connectivity index is 2.41. The molecule has 0 aliphatic heterocycles. The Morgan fingerprint density at radius 1 is 1.69 bits per heavy atom. The Hall–Kier alpha value is -1.13. The van der Waals surface area contributed by atoms with Crippen LogP contribution in [0.5, 0.6) is 0 Å². The van der Waals surface area contributed by atoms with Crippen molar-refractivity contribution in [2.75, 3.05) is 6.61 Å². The minimum atomic E-state index is -0.998. The third-order valence-corrected chi connectivity index (χ3v) is 1.49. The Labute approximate surface area is 80.1 Å². The van der Waals surface area contributed by atoms with Crippen LogP contribution in [0.25, 0.3) is 0 Å². The molecular weight excluding hydrogens is 194 g/mol. The molecule has 1 N–H and O–H groups in total. The standard InChI is InChI=1S/C8H8ClNO3/c9-6-1-2-10-7(3-6)4-13-5-8(11)12/h1-3H,4-5H2,(H,11,12). The van der Waals surface area contributed by atoms with Gasteiger partial charge in [0.05, 0.1) is 12.3 Å². The number of carbonyl (C=O) groups is 1. The fraction of sp³-hybridized carbons (Fsp3) is 0.250. The van der Waals surface area contributed by atoms with Gasteiger partial charge in [0.2, 0.25) is 0 Å². The van der Waals surface area contributed by atoms with E-state index in [1.807, 2.05) is 0 Å². The molecule has 0 radical (unpaired) electrons. The van der Waals surface area contributed by atoms with Gasteiger partial charge >= 0.3 is 5.97 Å². The first-order valence-corrected chi connectivity index (χ1v) is 3.96. The molecule has 13 heavy (non-hydrogen) atoms. The summed E-state index contributed by atoms with van der Waals surface area (Å²) in [4.78, 5) is 14.0. The van der Waals surface area contributed by atoms with Gasteiger partial charge in [0.1, 0.15) is 6.61 Å². The summed E-state index contributed by atoms with van der Waals surface area (Å²) < 4.78 is 4.82. The predicted molar refractivity (Wildman–Crippen MR) is 46.5 cm³/mol. The van der Waals surface area contributed by atoms with Crippen LogP contribution in [0.2, 0.25) is 5.02 Å². The van der Waals surface area contributed by atoms with Crippen LogP contribution in [0.15, 0.2) is 18.3 Å². The van der Waals surface area contributed by atoms with Crippen molar-refractivity contribution < 1.29 is 14.6 Å². The topological polar surface area (TPSA) is 59.4 Å². The second-order valence-electron chi connectivity index (χ2n) is 2.35. The molecule has 0 bridgehead atoms. The summed E-state index contributed by atoms with van der Waals surface area (Å²) in [5, 5.41) is 8.83. The van der Waals surface area contributed by atoms with Crippen LogP contribution in [0.4, 0.5) is 0 Å². The van der Waals surface area contributed by atoms with Crippen molar-refractivity contribution >= 4 is 17.6 Å². The van der Waals surface area contributed by atoms with E-state index in [1.165, 1.54) is 0 Å². The van der Waals surface area contributed by atoms with E-state index < -0.39 is 5.97 Å². The average Bonchev–Trinajstić information content (AvgIpc) is 2.03. The summed E-state index contributed by atoms with van der Waals surface area (Å²) in [6.07, 6.45) is 1.54. The summed E-state index contributed by atoms with van der Waals surface area (Å²) in [6, 6.07) is 3.27. The number of halogens is 1. The lowest BCUT2D eigenvalue weighted by Crippen LogP contribution is -2.07. The molecule has 70 valence electrons. The highest BCUT2D eigenvalue weighted by molar-refractivity contribution is 6.30. The van der Waals surface area contributed by atoms with Crippen LogP contribution in [0.3, 0.4) is 0 Å². The third kappa shape index (κ3) is 3.87. The molecule has 1 aromatic rings. The number of carboxylic acids is 1. The lowest BCUT2D eigenvalue weighted by Gasteiger charge is -2.00. The van der Waals surface area contributed by atoms with E-state index in [9.17, 15) is 4.79 Å². The molecular formula is C8H8ClNO3. The first-order chi connectivity index (χ1) is 6.18. The Morgan fingerprint density at radius 2 is 2.46 bits per heavy atom. The number of pyridine rings is 1. The molecule has 1 rings (SSSR count). The highest BCUT2D eigenvalue weighted by Crippen LogP contribution is 2.08.